The first-order chi connectivity index (χ1) is 14.9. The van der Waals surface area contributed by atoms with Crippen LogP contribution in [0.25, 0.3) is 0 Å². The third-order valence-electron chi connectivity index (χ3n) is 4.87. The van der Waals surface area contributed by atoms with Crippen molar-refractivity contribution in [2.24, 2.45) is 0 Å². The number of anilines is 2. The number of nitrogens with one attached hydrogen (secondary N) is 1. The largest absolute Gasteiger partial charge is 0.452 e. The van der Waals surface area contributed by atoms with Crippen LogP contribution in [0.4, 0.5) is 11.4 Å². The first-order valence-corrected chi connectivity index (χ1v) is 11.9. The Balaban J connectivity index is 1.72. The zero-order valence-electron chi connectivity index (χ0n) is 17.4. The molecule has 0 aliphatic carbocycles. The summed E-state index contributed by atoms with van der Waals surface area (Å²) in [6.07, 6.45) is 3.47. The number of esters is 1. The molecular weight excluding hydrogens is 416 g/mol. The lowest BCUT2D eigenvalue weighted by Gasteiger charge is -2.27. The molecule has 1 aliphatic rings. The number of carbonyl (C=O) groups excluding carboxylic acids is 2. The van der Waals surface area contributed by atoms with Gasteiger partial charge in [-0.25, -0.2) is 13.2 Å². The van der Waals surface area contributed by atoms with E-state index in [1.165, 1.54) is 11.0 Å². The predicted octanol–water partition coefficient (Wildman–Crippen LogP) is 3.40. The zero-order chi connectivity index (χ0) is 22.3. The van der Waals surface area contributed by atoms with E-state index in [0.29, 0.717) is 16.9 Å². The molecular formula is C23H26N2O5S. The number of rotatable bonds is 9. The average Bonchev–Trinajstić information content (AvgIpc) is 3.12. The van der Waals surface area contributed by atoms with E-state index in [1.807, 2.05) is 6.07 Å². The fourth-order valence-electron chi connectivity index (χ4n) is 3.32. The molecule has 31 heavy (non-hydrogen) atoms. The summed E-state index contributed by atoms with van der Waals surface area (Å²) in [5.74, 6) is -1.32. The Hall–Kier alpha value is -3.13. The van der Waals surface area contributed by atoms with Crippen LogP contribution in [-0.2, 0) is 19.4 Å². The molecule has 2 aromatic carbocycles. The highest BCUT2D eigenvalue weighted by Crippen LogP contribution is 2.23. The van der Waals surface area contributed by atoms with E-state index in [-0.39, 0.29) is 5.75 Å². The van der Waals surface area contributed by atoms with Gasteiger partial charge in [-0.1, -0.05) is 43.7 Å². The second-order valence-corrected chi connectivity index (χ2v) is 9.16. The Kier molecular flexibility index (Phi) is 7.46. The third kappa shape index (κ3) is 5.95. The van der Waals surface area contributed by atoms with E-state index in [4.69, 9.17) is 4.74 Å². The fourth-order valence-corrected chi connectivity index (χ4v) is 4.59. The lowest BCUT2D eigenvalue weighted by molar-refractivity contribution is -0.121. The minimum Gasteiger partial charge on any atom is -0.452 e. The Morgan fingerprint density at radius 3 is 2.48 bits per heavy atom. The average molecular weight is 443 g/mol. The number of carbonyl (C=O) groups is 2. The molecule has 0 fully saturated rings. The molecule has 2 aromatic rings. The molecule has 0 radical (unpaired) electrons. The van der Waals surface area contributed by atoms with Crippen LogP contribution in [0.15, 0.2) is 66.1 Å². The number of hydrogen-bond donors (Lipinski definition) is 1. The van der Waals surface area contributed by atoms with Crippen molar-refractivity contribution in [3.05, 3.63) is 71.6 Å². The summed E-state index contributed by atoms with van der Waals surface area (Å²) in [7, 11) is -3.36. The zero-order valence-corrected chi connectivity index (χ0v) is 18.2. The molecule has 7 nitrogen and oxygen atoms in total. The maximum Gasteiger partial charge on any atom is 0.340 e. The Labute approximate surface area is 182 Å². The van der Waals surface area contributed by atoms with Crippen LogP contribution in [0.1, 0.15) is 30.1 Å². The summed E-state index contributed by atoms with van der Waals surface area (Å²) < 4.78 is 29.1. The molecule has 0 spiro atoms. The second-order valence-electron chi connectivity index (χ2n) is 7.23. The van der Waals surface area contributed by atoms with Crippen molar-refractivity contribution in [2.75, 3.05) is 29.1 Å². The van der Waals surface area contributed by atoms with E-state index in [0.717, 1.165) is 24.8 Å². The van der Waals surface area contributed by atoms with Crippen LogP contribution in [0.5, 0.6) is 0 Å². The lowest BCUT2D eigenvalue weighted by atomic mass is 10.1. The summed E-state index contributed by atoms with van der Waals surface area (Å²) in [6, 6.07) is 15.1. The summed E-state index contributed by atoms with van der Waals surface area (Å²) >= 11 is 0. The van der Waals surface area contributed by atoms with Crippen molar-refractivity contribution in [3.8, 4) is 0 Å². The number of para-hydroxylation sites is 2. The Bertz CT molecular complexity index is 1050. The number of benzene rings is 2. The van der Waals surface area contributed by atoms with Gasteiger partial charge in [-0.05, 0) is 36.8 Å². The Morgan fingerprint density at radius 2 is 1.81 bits per heavy atom. The number of ether oxygens (including phenoxy) is 1. The summed E-state index contributed by atoms with van der Waals surface area (Å²) in [4.78, 5) is 27.0. The maximum atomic E-state index is 13.0. The summed E-state index contributed by atoms with van der Waals surface area (Å²) in [5, 5.41) is 4.33. The van der Waals surface area contributed by atoms with Crippen molar-refractivity contribution < 1.29 is 22.7 Å². The van der Waals surface area contributed by atoms with Gasteiger partial charge in [0.05, 0.1) is 17.4 Å². The van der Waals surface area contributed by atoms with Crippen LogP contribution in [0.2, 0.25) is 0 Å². The molecule has 1 heterocycles. The topological polar surface area (TPSA) is 92.8 Å². The quantitative estimate of drug-likeness (QED) is 0.473. The highest BCUT2D eigenvalue weighted by atomic mass is 32.2. The second kappa shape index (κ2) is 10.3. The summed E-state index contributed by atoms with van der Waals surface area (Å²) in [6.45, 7) is 2.31. The molecule has 8 heteroatoms. The minimum atomic E-state index is -3.36. The van der Waals surface area contributed by atoms with Gasteiger partial charge in [0.25, 0.3) is 5.91 Å². The van der Waals surface area contributed by atoms with Gasteiger partial charge in [-0.15, -0.1) is 0 Å². The number of sulfone groups is 1. The first-order valence-electron chi connectivity index (χ1n) is 10.2. The van der Waals surface area contributed by atoms with Crippen molar-refractivity contribution in [2.45, 2.75) is 25.8 Å². The number of unbranched alkanes of at least 4 members (excludes halogenated alkanes) is 1. The van der Waals surface area contributed by atoms with Gasteiger partial charge in [0.1, 0.15) is 0 Å². The smallest absolute Gasteiger partial charge is 0.340 e. The van der Waals surface area contributed by atoms with Crippen molar-refractivity contribution in [1.29, 1.82) is 0 Å². The van der Waals surface area contributed by atoms with Crippen LogP contribution < -0.4 is 10.2 Å². The molecule has 1 atom stereocenters. The molecule has 1 aliphatic heterocycles. The van der Waals surface area contributed by atoms with Crippen molar-refractivity contribution in [1.82, 2.24) is 0 Å². The fraction of sp³-hybridized carbons (Fsp3) is 0.304. The Morgan fingerprint density at radius 1 is 1.10 bits per heavy atom. The van der Waals surface area contributed by atoms with Gasteiger partial charge in [0, 0.05) is 23.3 Å². The number of amides is 1. The van der Waals surface area contributed by atoms with Crippen molar-refractivity contribution in [3.63, 3.8) is 0 Å². The molecule has 0 bridgehead atoms. The summed E-state index contributed by atoms with van der Waals surface area (Å²) in [5.41, 5.74) is 1.54. The predicted molar refractivity (Wildman–Crippen MR) is 121 cm³/mol. The monoisotopic (exact) mass is 442 g/mol. The number of hydrogen-bond acceptors (Lipinski definition) is 6. The standard InChI is InChI=1S/C23H26N2O5S/c1-2-3-14-24-21-12-8-7-11-20(21)23(27)30-16-22(26)25(18-9-5-4-6-10-18)19-13-15-31(28,29)17-19/h4-13,15,19,24H,2-3,14,16-17H2,1H3. The molecule has 1 unspecified atom stereocenters. The molecule has 3 rings (SSSR count). The highest BCUT2D eigenvalue weighted by molar-refractivity contribution is 7.94. The van der Waals surface area contributed by atoms with Gasteiger partial charge in [-0.2, -0.15) is 0 Å². The minimum absolute atomic E-state index is 0.203. The van der Waals surface area contributed by atoms with Gasteiger partial charge in [0.2, 0.25) is 0 Å². The van der Waals surface area contributed by atoms with Crippen LogP contribution in [0, 0.1) is 0 Å². The molecule has 1 N–H and O–H groups in total. The normalized spacial score (nSPS) is 16.6. The first kappa shape index (κ1) is 22.6. The molecule has 0 aromatic heterocycles. The van der Waals surface area contributed by atoms with E-state index in [9.17, 15) is 18.0 Å². The maximum absolute atomic E-state index is 13.0. The van der Waals surface area contributed by atoms with E-state index in [2.05, 4.69) is 12.2 Å². The highest BCUT2D eigenvalue weighted by Gasteiger charge is 2.32. The van der Waals surface area contributed by atoms with Gasteiger partial charge in [-0.3, -0.25) is 4.79 Å². The van der Waals surface area contributed by atoms with Gasteiger partial charge < -0.3 is 15.0 Å². The van der Waals surface area contributed by atoms with E-state index >= 15 is 0 Å². The van der Waals surface area contributed by atoms with Gasteiger partial charge in [0.15, 0.2) is 16.4 Å². The van der Waals surface area contributed by atoms with Crippen molar-refractivity contribution >= 4 is 33.1 Å². The molecule has 1 amide bonds. The van der Waals surface area contributed by atoms with Crippen LogP contribution in [0.3, 0.4) is 0 Å². The third-order valence-corrected chi connectivity index (χ3v) is 6.24. The SMILES string of the molecule is CCCCNc1ccccc1C(=O)OCC(=O)N(c1ccccc1)C1C=CS(=O)(=O)C1. The molecule has 164 valence electrons. The lowest BCUT2D eigenvalue weighted by Crippen LogP contribution is -2.43. The van der Waals surface area contributed by atoms with E-state index in [1.54, 1.807) is 48.5 Å². The van der Waals surface area contributed by atoms with Crippen LogP contribution in [-0.4, -0.2) is 45.2 Å². The number of nitrogens with zero attached hydrogens (tertiary/aromatic N) is 1. The molecule has 0 saturated carbocycles. The van der Waals surface area contributed by atoms with Gasteiger partial charge >= 0.3 is 5.97 Å². The van der Waals surface area contributed by atoms with Crippen LogP contribution >= 0.6 is 0 Å². The molecule has 0 saturated heterocycles. The van der Waals surface area contributed by atoms with E-state index < -0.39 is 34.4 Å².